The van der Waals surface area contributed by atoms with Gasteiger partial charge in [-0.3, -0.25) is 9.97 Å². The Hall–Kier alpha value is -1.66. The third-order valence-corrected chi connectivity index (χ3v) is 4.91. The molecule has 4 N–H and O–H groups in total. The standard InChI is InChI=1S/C9H14N2S.C9H12N2S/c2*1-6(2)9-8(10)7(12-3)4-5-11-9/h4-6H,10H2,1-3H3;4-5H,1,10H2,2-3H3. The Labute approximate surface area is 153 Å². The molecule has 24 heavy (non-hydrogen) atoms. The van der Waals surface area contributed by atoms with Gasteiger partial charge in [-0.1, -0.05) is 20.4 Å². The maximum Gasteiger partial charge on any atom is 0.0893 e. The zero-order chi connectivity index (χ0) is 18.3. The second-order valence-electron chi connectivity index (χ2n) is 5.52. The second kappa shape index (κ2) is 9.59. The van der Waals surface area contributed by atoms with E-state index < -0.39 is 0 Å². The molecule has 0 fully saturated rings. The Balaban J connectivity index is 0.000000240. The first-order valence-corrected chi connectivity index (χ1v) is 10.0. The normalized spacial score (nSPS) is 10.2. The summed E-state index contributed by atoms with van der Waals surface area (Å²) in [7, 11) is 0. The number of nitrogens with two attached hydrogens (primary N) is 2. The quantitative estimate of drug-likeness (QED) is 0.751. The number of aromatic nitrogens is 2. The maximum absolute atomic E-state index is 5.91. The molecule has 0 bridgehead atoms. The molecule has 0 aromatic carbocycles. The summed E-state index contributed by atoms with van der Waals surface area (Å²) < 4.78 is 0. The molecular formula is C18H26N4S2. The summed E-state index contributed by atoms with van der Waals surface area (Å²) in [6.07, 6.45) is 7.59. The van der Waals surface area contributed by atoms with Gasteiger partial charge < -0.3 is 11.5 Å². The van der Waals surface area contributed by atoms with E-state index in [9.17, 15) is 0 Å². The van der Waals surface area contributed by atoms with Crippen LogP contribution in [-0.4, -0.2) is 22.5 Å². The van der Waals surface area contributed by atoms with E-state index in [2.05, 4.69) is 30.4 Å². The molecule has 0 radical (unpaired) electrons. The first kappa shape index (κ1) is 20.4. The Kier molecular flexibility index (Phi) is 8.15. The van der Waals surface area contributed by atoms with Crippen LogP contribution in [0.5, 0.6) is 0 Å². The highest BCUT2D eigenvalue weighted by atomic mass is 32.2. The molecule has 0 amide bonds. The lowest BCUT2D eigenvalue weighted by Crippen LogP contribution is -2.00. The summed E-state index contributed by atoms with van der Waals surface area (Å²) >= 11 is 3.28. The van der Waals surface area contributed by atoms with Crippen LogP contribution in [-0.2, 0) is 0 Å². The molecule has 0 spiro atoms. The minimum atomic E-state index is 0.400. The molecule has 0 aliphatic heterocycles. The van der Waals surface area contributed by atoms with Crippen LogP contribution in [0, 0.1) is 0 Å². The number of rotatable bonds is 4. The Morgan fingerprint density at radius 3 is 1.96 bits per heavy atom. The molecule has 2 aromatic rings. The Morgan fingerprint density at radius 2 is 1.50 bits per heavy atom. The summed E-state index contributed by atoms with van der Waals surface area (Å²) in [5, 5.41) is 0. The van der Waals surface area contributed by atoms with Gasteiger partial charge in [0.1, 0.15) is 0 Å². The summed E-state index contributed by atoms with van der Waals surface area (Å²) in [5.74, 6) is 0.400. The van der Waals surface area contributed by atoms with E-state index in [-0.39, 0.29) is 0 Å². The van der Waals surface area contributed by atoms with Crippen molar-refractivity contribution in [2.45, 2.75) is 36.5 Å². The molecule has 6 heteroatoms. The van der Waals surface area contributed by atoms with Crippen LogP contribution in [0.4, 0.5) is 11.4 Å². The number of thioether (sulfide) groups is 2. The molecule has 0 saturated carbocycles. The highest BCUT2D eigenvalue weighted by molar-refractivity contribution is 7.99. The van der Waals surface area contributed by atoms with E-state index in [0.717, 1.165) is 38.1 Å². The SMILES string of the molecule is C=C(C)c1nccc(SC)c1N.CSc1ccnc(C(C)C)c1N. The first-order valence-electron chi connectivity index (χ1n) is 7.56. The zero-order valence-corrected chi connectivity index (χ0v) is 16.6. The summed E-state index contributed by atoms with van der Waals surface area (Å²) in [6, 6.07) is 3.86. The number of anilines is 2. The van der Waals surface area contributed by atoms with Gasteiger partial charge in [-0.2, -0.15) is 0 Å². The summed E-state index contributed by atoms with van der Waals surface area (Å²) in [4.78, 5) is 10.6. The Morgan fingerprint density at radius 1 is 1.00 bits per heavy atom. The fourth-order valence-electron chi connectivity index (χ4n) is 2.08. The van der Waals surface area contributed by atoms with E-state index in [1.807, 2.05) is 37.8 Å². The molecule has 2 rings (SSSR count). The predicted molar refractivity (Wildman–Crippen MR) is 110 cm³/mol. The van der Waals surface area contributed by atoms with Crippen molar-refractivity contribution in [2.75, 3.05) is 24.0 Å². The third kappa shape index (κ3) is 5.18. The van der Waals surface area contributed by atoms with E-state index in [1.54, 1.807) is 29.7 Å². The molecule has 0 unspecified atom stereocenters. The first-order chi connectivity index (χ1) is 11.3. The summed E-state index contributed by atoms with van der Waals surface area (Å²) in [6.45, 7) is 9.92. The number of hydrogen-bond acceptors (Lipinski definition) is 6. The van der Waals surface area contributed by atoms with Crippen molar-refractivity contribution in [1.29, 1.82) is 0 Å². The topological polar surface area (TPSA) is 77.8 Å². The van der Waals surface area contributed by atoms with Gasteiger partial charge in [0.05, 0.1) is 22.8 Å². The largest absolute Gasteiger partial charge is 0.396 e. The van der Waals surface area contributed by atoms with Gasteiger partial charge >= 0.3 is 0 Å². The minimum absolute atomic E-state index is 0.400. The molecule has 0 aliphatic rings. The molecule has 2 aromatic heterocycles. The van der Waals surface area contributed by atoms with Crippen molar-refractivity contribution in [3.63, 3.8) is 0 Å². The van der Waals surface area contributed by atoms with Gasteiger partial charge in [-0.15, -0.1) is 23.5 Å². The highest BCUT2D eigenvalue weighted by Crippen LogP contribution is 2.28. The number of nitrogens with zero attached hydrogens (tertiary/aromatic N) is 2. The van der Waals surface area contributed by atoms with Crippen LogP contribution in [0.25, 0.3) is 5.57 Å². The van der Waals surface area contributed by atoms with Gasteiger partial charge in [0.2, 0.25) is 0 Å². The van der Waals surface area contributed by atoms with Gasteiger partial charge in [-0.05, 0) is 43.1 Å². The van der Waals surface area contributed by atoms with Crippen molar-refractivity contribution in [2.24, 2.45) is 0 Å². The lowest BCUT2D eigenvalue weighted by Gasteiger charge is -2.10. The number of nitrogen functional groups attached to an aromatic ring is 2. The van der Waals surface area contributed by atoms with Gasteiger partial charge in [0, 0.05) is 22.2 Å². The van der Waals surface area contributed by atoms with Gasteiger partial charge in [-0.25, -0.2) is 0 Å². The Bertz CT molecular complexity index is 699. The molecular weight excluding hydrogens is 336 g/mol. The van der Waals surface area contributed by atoms with Crippen molar-refractivity contribution in [3.8, 4) is 0 Å². The van der Waals surface area contributed by atoms with Crippen LogP contribution in [0.2, 0.25) is 0 Å². The van der Waals surface area contributed by atoms with Crippen LogP contribution in [0.3, 0.4) is 0 Å². The predicted octanol–water partition coefficient (Wildman–Crippen LogP) is 4.93. The van der Waals surface area contributed by atoms with E-state index in [1.165, 1.54) is 0 Å². The third-order valence-electron chi connectivity index (χ3n) is 3.32. The van der Waals surface area contributed by atoms with Crippen LogP contribution in [0.1, 0.15) is 38.1 Å². The summed E-state index contributed by atoms with van der Waals surface area (Å²) in [5.41, 5.74) is 16.0. The highest BCUT2D eigenvalue weighted by Gasteiger charge is 2.08. The lowest BCUT2D eigenvalue weighted by molar-refractivity contribution is 0.822. The van der Waals surface area contributed by atoms with E-state index in [0.29, 0.717) is 5.92 Å². The molecule has 0 aliphatic carbocycles. The average molecular weight is 363 g/mol. The van der Waals surface area contributed by atoms with Crippen LogP contribution >= 0.6 is 23.5 Å². The fraction of sp³-hybridized carbons (Fsp3) is 0.333. The van der Waals surface area contributed by atoms with Crippen molar-refractivity contribution in [3.05, 3.63) is 42.5 Å². The molecule has 0 atom stereocenters. The maximum atomic E-state index is 5.91. The average Bonchev–Trinajstić information content (AvgIpc) is 2.55. The molecule has 130 valence electrons. The number of pyridine rings is 2. The monoisotopic (exact) mass is 362 g/mol. The lowest BCUT2D eigenvalue weighted by atomic mass is 10.1. The van der Waals surface area contributed by atoms with Gasteiger partial charge in [0.25, 0.3) is 0 Å². The molecule has 0 saturated heterocycles. The smallest absolute Gasteiger partial charge is 0.0893 e. The van der Waals surface area contributed by atoms with Gasteiger partial charge in [0.15, 0.2) is 0 Å². The van der Waals surface area contributed by atoms with Crippen molar-refractivity contribution >= 4 is 40.5 Å². The number of hydrogen-bond donors (Lipinski definition) is 2. The van der Waals surface area contributed by atoms with Crippen molar-refractivity contribution < 1.29 is 0 Å². The fourth-order valence-corrected chi connectivity index (χ4v) is 3.12. The van der Waals surface area contributed by atoms with E-state index in [4.69, 9.17) is 11.5 Å². The van der Waals surface area contributed by atoms with E-state index >= 15 is 0 Å². The number of allylic oxidation sites excluding steroid dienone is 1. The van der Waals surface area contributed by atoms with Crippen molar-refractivity contribution in [1.82, 2.24) is 9.97 Å². The second-order valence-corrected chi connectivity index (χ2v) is 7.22. The minimum Gasteiger partial charge on any atom is -0.396 e. The van der Waals surface area contributed by atoms with Crippen LogP contribution < -0.4 is 11.5 Å². The molecule has 2 heterocycles. The van der Waals surface area contributed by atoms with Crippen LogP contribution in [0.15, 0.2) is 40.9 Å². The zero-order valence-electron chi connectivity index (χ0n) is 15.0. The molecule has 4 nitrogen and oxygen atoms in total.